The normalized spacial score (nSPS) is 11.9. The predicted molar refractivity (Wildman–Crippen MR) is 74.2 cm³/mol. The molecule has 0 bridgehead atoms. The molecule has 21 heavy (non-hydrogen) atoms. The molecule has 7 heteroatoms. The first-order chi connectivity index (χ1) is 10.1. The van der Waals surface area contributed by atoms with Crippen LogP contribution in [0, 0.1) is 0 Å². The number of hydrogen-bond donors (Lipinski definition) is 3. The van der Waals surface area contributed by atoms with E-state index in [4.69, 9.17) is 10.2 Å². The van der Waals surface area contributed by atoms with Crippen molar-refractivity contribution in [1.82, 2.24) is 15.1 Å². The molecule has 0 fully saturated rings. The summed E-state index contributed by atoms with van der Waals surface area (Å²) in [6, 6.07) is 7.28. The fourth-order valence-corrected chi connectivity index (χ4v) is 1.82. The molecule has 1 amide bonds. The van der Waals surface area contributed by atoms with Crippen molar-refractivity contribution in [3.63, 3.8) is 0 Å². The number of benzene rings is 1. The van der Waals surface area contributed by atoms with Gasteiger partial charge < -0.3 is 15.5 Å². The Labute approximate surface area is 120 Å². The van der Waals surface area contributed by atoms with E-state index in [1.165, 1.54) is 0 Å². The van der Waals surface area contributed by atoms with E-state index in [2.05, 4.69) is 10.4 Å². The quantitative estimate of drug-likeness (QED) is 0.715. The van der Waals surface area contributed by atoms with E-state index in [0.29, 0.717) is 5.56 Å². The highest BCUT2D eigenvalue weighted by Crippen LogP contribution is 2.09. The number of nitrogens with one attached hydrogen (secondary N) is 1. The van der Waals surface area contributed by atoms with Gasteiger partial charge in [-0.2, -0.15) is 5.10 Å². The van der Waals surface area contributed by atoms with Gasteiger partial charge in [0, 0.05) is 31.0 Å². The van der Waals surface area contributed by atoms with Crippen molar-refractivity contribution >= 4 is 11.9 Å². The number of nitrogens with zero attached hydrogens (tertiary/aromatic N) is 2. The van der Waals surface area contributed by atoms with E-state index in [-0.39, 0.29) is 13.0 Å². The molecule has 0 unspecified atom stereocenters. The molecule has 7 nitrogen and oxygen atoms in total. The van der Waals surface area contributed by atoms with E-state index in [9.17, 15) is 9.59 Å². The van der Waals surface area contributed by atoms with E-state index in [1.54, 1.807) is 47.4 Å². The Morgan fingerprint density at radius 2 is 2.00 bits per heavy atom. The van der Waals surface area contributed by atoms with E-state index in [0.717, 1.165) is 5.69 Å². The molecular formula is C14H15N3O4. The largest absolute Gasteiger partial charge is 0.480 e. The molecule has 110 valence electrons. The summed E-state index contributed by atoms with van der Waals surface area (Å²) in [6.45, 7) is -0.310. The van der Waals surface area contributed by atoms with Gasteiger partial charge in [-0.15, -0.1) is 0 Å². The molecule has 2 aromatic rings. The second-order valence-corrected chi connectivity index (χ2v) is 4.37. The van der Waals surface area contributed by atoms with Gasteiger partial charge in [0.15, 0.2) is 0 Å². The summed E-state index contributed by atoms with van der Waals surface area (Å²) in [5.41, 5.74) is 1.14. The molecule has 1 aromatic carbocycles. The second-order valence-electron chi connectivity index (χ2n) is 4.37. The molecule has 0 saturated heterocycles. The Morgan fingerprint density at radius 3 is 2.52 bits per heavy atom. The minimum absolute atomic E-state index is 0.0353. The first-order valence-electron chi connectivity index (χ1n) is 6.36. The summed E-state index contributed by atoms with van der Waals surface area (Å²) in [6.07, 6.45) is 3.39. The number of amides is 1. The third-order valence-electron chi connectivity index (χ3n) is 2.92. The lowest BCUT2D eigenvalue weighted by Crippen LogP contribution is -2.41. The molecule has 1 atom stereocenters. The lowest BCUT2D eigenvalue weighted by atomic mass is 10.1. The Kier molecular flexibility index (Phi) is 4.68. The van der Waals surface area contributed by atoms with Gasteiger partial charge in [0.1, 0.15) is 6.04 Å². The highest BCUT2D eigenvalue weighted by Gasteiger charge is 2.19. The van der Waals surface area contributed by atoms with Gasteiger partial charge in [0.25, 0.3) is 5.91 Å². The first-order valence-corrected chi connectivity index (χ1v) is 6.36. The number of carboxylic acid groups (broad SMARTS) is 1. The van der Waals surface area contributed by atoms with Crippen molar-refractivity contribution < 1.29 is 19.8 Å². The number of aliphatic carboxylic acids is 1. The minimum atomic E-state index is -1.18. The number of carbonyl (C=O) groups is 2. The van der Waals surface area contributed by atoms with Crippen molar-refractivity contribution in [3.05, 3.63) is 48.3 Å². The lowest BCUT2D eigenvalue weighted by Gasteiger charge is -2.13. The zero-order valence-electron chi connectivity index (χ0n) is 11.1. The topological polar surface area (TPSA) is 104 Å². The van der Waals surface area contributed by atoms with Crippen LogP contribution in [-0.2, 0) is 4.79 Å². The average molecular weight is 289 g/mol. The summed E-state index contributed by atoms with van der Waals surface area (Å²) in [7, 11) is 0. The number of aromatic nitrogens is 2. The molecule has 2 rings (SSSR count). The van der Waals surface area contributed by atoms with Crippen LogP contribution in [0.1, 0.15) is 16.8 Å². The zero-order chi connectivity index (χ0) is 15.2. The minimum Gasteiger partial charge on any atom is -0.480 e. The van der Waals surface area contributed by atoms with Crippen molar-refractivity contribution in [3.8, 4) is 5.69 Å². The van der Waals surface area contributed by atoms with Gasteiger partial charge in [-0.3, -0.25) is 4.79 Å². The number of aliphatic hydroxyl groups is 1. The van der Waals surface area contributed by atoms with Crippen molar-refractivity contribution in [2.45, 2.75) is 12.5 Å². The standard InChI is InChI=1S/C14H15N3O4/c18-9-6-12(14(20)21)16-13(19)10-2-4-11(5-3-10)17-8-1-7-15-17/h1-5,7-8,12,18H,6,9H2,(H,16,19)(H,20,21)/t12-/m0/s1. The summed E-state index contributed by atoms with van der Waals surface area (Å²) < 4.78 is 1.65. The number of carbonyl (C=O) groups excluding carboxylic acids is 1. The molecule has 0 aliphatic rings. The molecular weight excluding hydrogens is 274 g/mol. The van der Waals surface area contributed by atoms with Gasteiger partial charge >= 0.3 is 5.97 Å². The van der Waals surface area contributed by atoms with Crippen LogP contribution in [0.15, 0.2) is 42.7 Å². The van der Waals surface area contributed by atoms with Gasteiger partial charge in [-0.1, -0.05) is 0 Å². The summed E-state index contributed by atoms with van der Waals surface area (Å²) in [5.74, 6) is -1.67. The average Bonchev–Trinajstić information content (AvgIpc) is 3.01. The monoisotopic (exact) mass is 289 g/mol. The van der Waals surface area contributed by atoms with Crippen LogP contribution < -0.4 is 5.32 Å². The van der Waals surface area contributed by atoms with Crippen LogP contribution in [0.2, 0.25) is 0 Å². The third kappa shape index (κ3) is 3.67. The van der Waals surface area contributed by atoms with Crippen molar-refractivity contribution in [2.75, 3.05) is 6.61 Å². The molecule has 1 aromatic heterocycles. The Balaban J connectivity index is 2.07. The van der Waals surface area contributed by atoms with E-state index >= 15 is 0 Å². The highest BCUT2D eigenvalue weighted by molar-refractivity contribution is 5.96. The maximum Gasteiger partial charge on any atom is 0.326 e. The van der Waals surface area contributed by atoms with E-state index < -0.39 is 17.9 Å². The molecule has 0 saturated carbocycles. The fourth-order valence-electron chi connectivity index (χ4n) is 1.82. The van der Waals surface area contributed by atoms with Gasteiger partial charge in [-0.05, 0) is 30.3 Å². The Hall–Kier alpha value is -2.67. The van der Waals surface area contributed by atoms with Gasteiger partial charge in [-0.25, -0.2) is 9.48 Å². The summed E-state index contributed by atoms with van der Waals surface area (Å²) in [4.78, 5) is 22.9. The highest BCUT2D eigenvalue weighted by atomic mass is 16.4. The van der Waals surface area contributed by atoms with E-state index in [1.807, 2.05) is 0 Å². The smallest absolute Gasteiger partial charge is 0.326 e. The van der Waals surface area contributed by atoms with Gasteiger partial charge in [0.2, 0.25) is 0 Å². The van der Waals surface area contributed by atoms with Crippen LogP contribution in [0.5, 0.6) is 0 Å². The first kappa shape index (κ1) is 14.7. The molecule has 0 aliphatic heterocycles. The predicted octanol–water partition coefficient (Wildman–Crippen LogP) is 0.438. The molecule has 1 heterocycles. The maximum atomic E-state index is 12.0. The maximum absolute atomic E-state index is 12.0. The van der Waals surface area contributed by atoms with Crippen LogP contribution in [0.3, 0.4) is 0 Å². The molecule has 0 radical (unpaired) electrons. The lowest BCUT2D eigenvalue weighted by molar-refractivity contribution is -0.139. The SMILES string of the molecule is O=C(N[C@@H](CCO)C(=O)O)c1ccc(-n2cccn2)cc1. The van der Waals surface area contributed by atoms with Crippen LogP contribution in [0.4, 0.5) is 0 Å². The van der Waals surface area contributed by atoms with Crippen LogP contribution in [0.25, 0.3) is 5.69 Å². The van der Waals surface area contributed by atoms with Crippen molar-refractivity contribution in [1.29, 1.82) is 0 Å². The third-order valence-corrected chi connectivity index (χ3v) is 2.92. The molecule has 0 aliphatic carbocycles. The van der Waals surface area contributed by atoms with Crippen molar-refractivity contribution in [2.24, 2.45) is 0 Å². The fraction of sp³-hybridized carbons (Fsp3) is 0.214. The summed E-state index contributed by atoms with van der Waals surface area (Å²) >= 11 is 0. The van der Waals surface area contributed by atoms with Crippen LogP contribution in [-0.4, -0.2) is 44.5 Å². The zero-order valence-corrected chi connectivity index (χ0v) is 11.1. The van der Waals surface area contributed by atoms with Gasteiger partial charge in [0.05, 0.1) is 5.69 Å². The number of hydrogen-bond acceptors (Lipinski definition) is 4. The molecule has 0 spiro atoms. The van der Waals surface area contributed by atoms with Crippen LogP contribution >= 0.6 is 0 Å². The number of aliphatic hydroxyl groups excluding tert-OH is 1. The summed E-state index contributed by atoms with van der Waals surface area (Å²) in [5, 5.41) is 24.2. The second kappa shape index (κ2) is 6.67. The number of carboxylic acids is 1. The Morgan fingerprint density at radius 1 is 1.29 bits per heavy atom. The number of rotatable bonds is 6. The molecule has 3 N–H and O–H groups in total. The Bertz CT molecular complexity index is 608.